The molecule has 20 heavy (non-hydrogen) atoms. The van der Waals surface area contributed by atoms with E-state index in [1.165, 1.54) is 6.20 Å². The van der Waals surface area contributed by atoms with Crippen molar-refractivity contribution < 1.29 is 14.6 Å². The van der Waals surface area contributed by atoms with E-state index in [0.717, 1.165) is 6.42 Å². The Morgan fingerprint density at radius 1 is 1.35 bits per heavy atom. The minimum absolute atomic E-state index is 0.0481. The molecule has 0 radical (unpaired) electrons. The molecule has 0 aliphatic rings. The summed E-state index contributed by atoms with van der Waals surface area (Å²) in [5, 5.41) is 12.1. The molecule has 1 unspecified atom stereocenters. The summed E-state index contributed by atoms with van der Waals surface area (Å²) in [5.41, 5.74) is 0.461. The highest BCUT2D eigenvalue weighted by molar-refractivity contribution is 5.94. The summed E-state index contributed by atoms with van der Waals surface area (Å²) >= 11 is 0. The van der Waals surface area contributed by atoms with Gasteiger partial charge in [-0.3, -0.25) is 4.79 Å². The number of amides is 1. The summed E-state index contributed by atoms with van der Waals surface area (Å²) in [4.78, 5) is 16.1. The molecule has 5 nitrogen and oxygen atoms in total. The number of aromatic nitrogens is 1. The topological polar surface area (TPSA) is 71.5 Å². The summed E-state index contributed by atoms with van der Waals surface area (Å²) in [6, 6.07) is 3.11. The Hall–Kier alpha value is -1.62. The van der Waals surface area contributed by atoms with Crippen molar-refractivity contribution >= 4 is 5.91 Å². The maximum Gasteiger partial charge on any atom is 0.253 e. The minimum atomic E-state index is -0.228. The van der Waals surface area contributed by atoms with Gasteiger partial charge in [-0.05, 0) is 32.3 Å². The molecule has 1 aromatic rings. The van der Waals surface area contributed by atoms with Gasteiger partial charge < -0.3 is 15.2 Å². The number of nitrogens with zero attached hydrogens (tertiary/aromatic N) is 1. The molecule has 0 saturated heterocycles. The van der Waals surface area contributed by atoms with Crippen molar-refractivity contribution in [3.8, 4) is 5.88 Å². The average molecular weight is 280 g/mol. The monoisotopic (exact) mass is 280 g/mol. The van der Waals surface area contributed by atoms with E-state index in [2.05, 4.69) is 24.1 Å². The molecule has 0 saturated carbocycles. The largest absolute Gasteiger partial charge is 0.475 e. The number of carbonyl (C=O) groups excluding carboxylic acids is 1. The summed E-state index contributed by atoms with van der Waals surface area (Å²) in [6.45, 7) is 7.87. The molecule has 112 valence electrons. The van der Waals surface area contributed by atoms with E-state index in [4.69, 9.17) is 4.74 Å². The molecule has 2 N–H and O–H groups in total. The second-order valence-corrected chi connectivity index (χ2v) is 5.53. The van der Waals surface area contributed by atoms with Crippen LogP contribution in [0.25, 0.3) is 0 Å². The number of hydrogen-bond acceptors (Lipinski definition) is 4. The Bertz CT molecular complexity index is 416. The molecule has 1 aromatic heterocycles. The first-order valence-corrected chi connectivity index (χ1v) is 6.96. The van der Waals surface area contributed by atoms with E-state index in [-0.39, 0.29) is 24.7 Å². The minimum Gasteiger partial charge on any atom is -0.475 e. The quantitative estimate of drug-likeness (QED) is 0.801. The van der Waals surface area contributed by atoms with Gasteiger partial charge in [-0.15, -0.1) is 0 Å². The highest BCUT2D eigenvalue weighted by atomic mass is 16.5. The van der Waals surface area contributed by atoms with Crippen molar-refractivity contribution in [2.45, 2.75) is 46.3 Å². The Morgan fingerprint density at radius 3 is 2.50 bits per heavy atom. The van der Waals surface area contributed by atoms with Crippen LogP contribution in [0.3, 0.4) is 0 Å². The molecule has 0 fully saturated rings. The Labute approximate surface area is 120 Å². The maximum atomic E-state index is 12.0. The van der Waals surface area contributed by atoms with Crippen molar-refractivity contribution in [1.82, 2.24) is 10.3 Å². The number of rotatable bonds is 7. The van der Waals surface area contributed by atoms with Crippen molar-refractivity contribution in [3.63, 3.8) is 0 Å². The van der Waals surface area contributed by atoms with Gasteiger partial charge in [0.1, 0.15) is 0 Å². The van der Waals surface area contributed by atoms with Crippen LogP contribution in [-0.2, 0) is 0 Å². The first kappa shape index (κ1) is 16.4. The van der Waals surface area contributed by atoms with Gasteiger partial charge in [0.05, 0.1) is 24.3 Å². The molecular weight excluding hydrogens is 256 g/mol. The first-order chi connectivity index (χ1) is 9.42. The molecule has 1 heterocycles. The highest BCUT2D eigenvalue weighted by Crippen LogP contribution is 2.10. The number of ether oxygens (including phenoxy) is 1. The molecule has 0 spiro atoms. The molecule has 1 rings (SSSR count). The molecule has 0 aliphatic heterocycles. The molecular formula is C15H24N2O3. The third-order valence-electron chi connectivity index (χ3n) is 2.67. The lowest BCUT2D eigenvalue weighted by Crippen LogP contribution is -2.38. The normalized spacial score (nSPS) is 12.6. The van der Waals surface area contributed by atoms with Crippen LogP contribution in [0.2, 0.25) is 0 Å². The number of aliphatic hydroxyl groups excluding tert-OH is 1. The predicted octanol–water partition coefficient (Wildman–Crippen LogP) is 2.01. The lowest BCUT2D eigenvalue weighted by atomic mass is 10.0. The zero-order valence-corrected chi connectivity index (χ0v) is 12.6. The van der Waals surface area contributed by atoms with Gasteiger partial charge in [0, 0.05) is 12.3 Å². The Morgan fingerprint density at radius 2 is 2.05 bits per heavy atom. The second-order valence-electron chi connectivity index (χ2n) is 5.53. The van der Waals surface area contributed by atoms with Crippen LogP contribution in [0.1, 0.15) is 44.5 Å². The van der Waals surface area contributed by atoms with Crippen molar-refractivity contribution in [2.24, 2.45) is 5.92 Å². The number of hydrogen-bond donors (Lipinski definition) is 2. The van der Waals surface area contributed by atoms with Crippen LogP contribution < -0.4 is 10.1 Å². The van der Waals surface area contributed by atoms with Gasteiger partial charge in [-0.2, -0.15) is 0 Å². The van der Waals surface area contributed by atoms with Crippen molar-refractivity contribution in [2.75, 3.05) is 6.61 Å². The van der Waals surface area contributed by atoms with Crippen molar-refractivity contribution in [1.29, 1.82) is 0 Å². The summed E-state index contributed by atoms with van der Waals surface area (Å²) < 4.78 is 5.42. The van der Waals surface area contributed by atoms with Crippen LogP contribution in [0.4, 0.5) is 0 Å². The molecule has 0 bridgehead atoms. The van der Waals surface area contributed by atoms with E-state index in [1.807, 2.05) is 13.8 Å². The maximum absolute atomic E-state index is 12.0. The van der Waals surface area contributed by atoms with Crippen LogP contribution in [-0.4, -0.2) is 34.8 Å². The number of nitrogens with one attached hydrogen (secondary N) is 1. The SMILES string of the molecule is CC(C)CC(CO)NC(=O)c1ccc(OC(C)C)nc1. The fraction of sp³-hybridized carbons (Fsp3) is 0.600. The Balaban J connectivity index is 2.62. The summed E-state index contributed by atoms with van der Waals surface area (Å²) in [7, 11) is 0. The zero-order valence-electron chi connectivity index (χ0n) is 12.6. The van der Waals surface area contributed by atoms with E-state index in [1.54, 1.807) is 12.1 Å². The molecule has 1 atom stereocenters. The molecule has 1 amide bonds. The van der Waals surface area contributed by atoms with E-state index >= 15 is 0 Å². The van der Waals surface area contributed by atoms with Crippen LogP contribution in [0.15, 0.2) is 18.3 Å². The molecule has 5 heteroatoms. The van der Waals surface area contributed by atoms with Gasteiger partial charge >= 0.3 is 0 Å². The highest BCUT2D eigenvalue weighted by Gasteiger charge is 2.14. The first-order valence-electron chi connectivity index (χ1n) is 6.96. The van der Waals surface area contributed by atoms with Crippen LogP contribution >= 0.6 is 0 Å². The number of carbonyl (C=O) groups is 1. The summed E-state index contributed by atoms with van der Waals surface area (Å²) in [5.74, 6) is 0.679. The van der Waals surface area contributed by atoms with Gasteiger partial charge in [0.25, 0.3) is 5.91 Å². The molecule has 0 aromatic carbocycles. The fourth-order valence-electron chi connectivity index (χ4n) is 1.84. The van der Waals surface area contributed by atoms with Gasteiger partial charge in [-0.25, -0.2) is 4.98 Å². The average Bonchev–Trinajstić information content (AvgIpc) is 2.37. The fourth-order valence-corrected chi connectivity index (χ4v) is 1.84. The third-order valence-corrected chi connectivity index (χ3v) is 2.67. The lowest BCUT2D eigenvalue weighted by Gasteiger charge is -2.18. The Kier molecular flexibility index (Phi) is 6.45. The van der Waals surface area contributed by atoms with Crippen LogP contribution in [0.5, 0.6) is 5.88 Å². The number of pyridine rings is 1. The number of aliphatic hydroxyl groups is 1. The predicted molar refractivity (Wildman–Crippen MR) is 77.8 cm³/mol. The van der Waals surface area contributed by atoms with E-state index in [9.17, 15) is 9.90 Å². The van der Waals surface area contributed by atoms with Gasteiger partial charge in [-0.1, -0.05) is 13.8 Å². The standard InChI is InChI=1S/C15H24N2O3/c1-10(2)7-13(9-18)17-15(19)12-5-6-14(16-8-12)20-11(3)4/h5-6,8,10-11,13,18H,7,9H2,1-4H3,(H,17,19). The van der Waals surface area contributed by atoms with Crippen LogP contribution in [0, 0.1) is 5.92 Å². The lowest BCUT2D eigenvalue weighted by molar-refractivity contribution is 0.0908. The molecule has 0 aliphatic carbocycles. The second kappa shape index (κ2) is 7.85. The smallest absolute Gasteiger partial charge is 0.253 e. The van der Waals surface area contributed by atoms with E-state index < -0.39 is 0 Å². The van der Waals surface area contributed by atoms with Crippen molar-refractivity contribution in [3.05, 3.63) is 23.9 Å². The third kappa shape index (κ3) is 5.57. The van der Waals surface area contributed by atoms with E-state index in [0.29, 0.717) is 17.4 Å². The summed E-state index contributed by atoms with van der Waals surface area (Å²) in [6.07, 6.45) is 2.27. The van der Waals surface area contributed by atoms with Gasteiger partial charge in [0.15, 0.2) is 0 Å². The van der Waals surface area contributed by atoms with Gasteiger partial charge in [0.2, 0.25) is 5.88 Å². The zero-order chi connectivity index (χ0) is 15.1.